The second-order valence-corrected chi connectivity index (χ2v) is 4.78. The van der Waals surface area contributed by atoms with Crippen molar-refractivity contribution in [2.45, 2.75) is 6.92 Å². The van der Waals surface area contributed by atoms with E-state index in [4.69, 9.17) is 5.73 Å². The van der Waals surface area contributed by atoms with Crippen LogP contribution in [0.1, 0.15) is 17.3 Å². The Hall–Kier alpha value is -3.22. The maximum atomic E-state index is 11.1. The third-order valence-electron chi connectivity index (χ3n) is 3.12. The lowest BCUT2D eigenvalue weighted by atomic mass is 10.1. The molecule has 0 atom stereocenters. The highest BCUT2D eigenvalue weighted by molar-refractivity contribution is 5.93. The highest BCUT2D eigenvalue weighted by atomic mass is 16.1. The van der Waals surface area contributed by atoms with Gasteiger partial charge < -0.3 is 5.73 Å². The molecule has 0 fully saturated rings. The molecule has 0 saturated heterocycles. The van der Waals surface area contributed by atoms with Crippen molar-refractivity contribution in [1.29, 1.82) is 0 Å². The van der Waals surface area contributed by atoms with Gasteiger partial charge in [0.25, 0.3) is 0 Å². The van der Waals surface area contributed by atoms with E-state index in [1.807, 2.05) is 18.2 Å². The number of amides is 2. The molecule has 2 amide bonds. The summed E-state index contributed by atoms with van der Waals surface area (Å²) >= 11 is 0. The molecule has 0 spiro atoms. The zero-order chi connectivity index (χ0) is 15.7. The number of rotatable bonds is 3. The van der Waals surface area contributed by atoms with Gasteiger partial charge in [0, 0.05) is 24.2 Å². The number of hydrogen-bond acceptors (Lipinski definition) is 4. The van der Waals surface area contributed by atoms with Crippen LogP contribution < -0.4 is 11.1 Å². The summed E-state index contributed by atoms with van der Waals surface area (Å²) in [5, 5.41) is 6.72. The summed E-state index contributed by atoms with van der Waals surface area (Å²) < 4.78 is 1.59. The van der Waals surface area contributed by atoms with E-state index in [0.717, 1.165) is 11.1 Å². The minimum Gasteiger partial charge on any atom is -0.366 e. The molecule has 0 radical (unpaired) electrons. The number of nitrogens with two attached hydrogens (primary N) is 1. The van der Waals surface area contributed by atoms with Gasteiger partial charge >= 0.3 is 0 Å². The van der Waals surface area contributed by atoms with Crippen molar-refractivity contribution in [3.8, 4) is 11.1 Å². The van der Waals surface area contributed by atoms with Crippen molar-refractivity contribution in [3.05, 3.63) is 48.2 Å². The molecule has 2 heterocycles. The fraction of sp³-hybridized carbons (Fsp3) is 0.0667. The van der Waals surface area contributed by atoms with Crippen molar-refractivity contribution in [1.82, 2.24) is 14.6 Å². The third kappa shape index (κ3) is 2.64. The van der Waals surface area contributed by atoms with Gasteiger partial charge in [-0.1, -0.05) is 12.1 Å². The van der Waals surface area contributed by atoms with Crippen molar-refractivity contribution < 1.29 is 9.59 Å². The molecular formula is C15H13N5O2. The Morgan fingerprint density at radius 3 is 2.41 bits per heavy atom. The Kier molecular flexibility index (Phi) is 3.30. The van der Waals surface area contributed by atoms with Crippen LogP contribution in [-0.4, -0.2) is 26.4 Å². The van der Waals surface area contributed by atoms with E-state index in [2.05, 4.69) is 15.4 Å². The van der Waals surface area contributed by atoms with Crippen LogP contribution >= 0.6 is 0 Å². The van der Waals surface area contributed by atoms with Gasteiger partial charge in [-0.3, -0.25) is 14.9 Å². The number of primary amides is 1. The molecule has 0 bridgehead atoms. The lowest BCUT2D eigenvalue weighted by Gasteiger charge is -2.03. The second-order valence-electron chi connectivity index (χ2n) is 4.78. The number of carbonyl (C=O) groups excluding carboxylic acids is 2. The fourth-order valence-electron chi connectivity index (χ4n) is 2.09. The predicted octanol–water partition coefficient (Wildman–Crippen LogP) is 1.45. The number of carbonyl (C=O) groups is 2. The van der Waals surface area contributed by atoms with Crippen LogP contribution in [0.2, 0.25) is 0 Å². The topological polar surface area (TPSA) is 102 Å². The molecule has 1 aromatic carbocycles. The summed E-state index contributed by atoms with van der Waals surface area (Å²) in [6.45, 7) is 1.40. The molecule has 3 aromatic rings. The summed E-state index contributed by atoms with van der Waals surface area (Å²) in [4.78, 5) is 26.3. The molecule has 0 aliphatic heterocycles. The van der Waals surface area contributed by atoms with Crippen LogP contribution in [0.3, 0.4) is 0 Å². The average molecular weight is 295 g/mol. The lowest BCUT2D eigenvalue weighted by Crippen LogP contribution is -2.10. The van der Waals surface area contributed by atoms with Crippen LogP contribution in [0, 0.1) is 0 Å². The molecule has 7 heteroatoms. The number of aromatic nitrogens is 3. The van der Waals surface area contributed by atoms with Gasteiger partial charge in [-0.2, -0.15) is 4.98 Å². The van der Waals surface area contributed by atoms with E-state index in [1.54, 1.807) is 28.9 Å². The van der Waals surface area contributed by atoms with Gasteiger partial charge in [0.2, 0.25) is 17.8 Å². The normalized spacial score (nSPS) is 10.6. The molecule has 0 aliphatic rings. The Balaban J connectivity index is 1.97. The number of fused-ring (bicyclic) bond motifs is 1. The van der Waals surface area contributed by atoms with Crippen LogP contribution in [0.15, 0.2) is 42.6 Å². The molecule has 3 rings (SSSR count). The average Bonchev–Trinajstić information content (AvgIpc) is 2.87. The first-order valence-corrected chi connectivity index (χ1v) is 6.57. The molecule has 7 nitrogen and oxygen atoms in total. The number of nitrogens with zero attached hydrogens (tertiary/aromatic N) is 3. The van der Waals surface area contributed by atoms with E-state index >= 15 is 0 Å². The number of hydrogen-bond donors (Lipinski definition) is 2. The third-order valence-corrected chi connectivity index (χ3v) is 3.12. The minimum atomic E-state index is -0.460. The van der Waals surface area contributed by atoms with E-state index in [9.17, 15) is 9.59 Å². The van der Waals surface area contributed by atoms with Crippen LogP contribution in [0.5, 0.6) is 0 Å². The van der Waals surface area contributed by atoms with Crippen molar-refractivity contribution >= 4 is 23.4 Å². The Morgan fingerprint density at radius 1 is 1.09 bits per heavy atom. The zero-order valence-corrected chi connectivity index (χ0v) is 11.8. The van der Waals surface area contributed by atoms with E-state index in [-0.39, 0.29) is 11.9 Å². The smallest absolute Gasteiger partial charge is 0.249 e. The monoisotopic (exact) mass is 295 g/mol. The molecule has 22 heavy (non-hydrogen) atoms. The molecule has 0 aliphatic carbocycles. The standard InChI is InChI=1S/C15H13N5O2/c1-9(21)17-15-18-13-7-6-12(8-20(13)19-15)10-2-4-11(5-3-10)14(16)22/h2-8H,1H3,(H2,16,22)(H,17,19,21). The molecule has 110 valence electrons. The zero-order valence-electron chi connectivity index (χ0n) is 11.8. The Labute approximate surface area is 125 Å². The first-order valence-electron chi connectivity index (χ1n) is 6.57. The van der Waals surface area contributed by atoms with Gasteiger partial charge in [0.15, 0.2) is 5.65 Å². The minimum absolute atomic E-state index is 0.224. The predicted molar refractivity (Wildman–Crippen MR) is 81.2 cm³/mol. The van der Waals surface area contributed by atoms with Gasteiger partial charge in [0.1, 0.15) is 0 Å². The maximum absolute atomic E-state index is 11.1. The number of nitrogens with one attached hydrogen (secondary N) is 1. The number of anilines is 1. The summed E-state index contributed by atoms with van der Waals surface area (Å²) in [5.41, 5.74) is 8.13. The van der Waals surface area contributed by atoms with E-state index in [0.29, 0.717) is 11.2 Å². The quantitative estimate of drug-likeness (QED) is 0.763. The van der Waals surface area contributed by atoms with Crippen molar-refractivity contribution in [2.75, 3.05) is 5.32 Å². The first kappa shape index (κ1) is 13.7. The molecule has 0 saturated carbocycles. The lowest BCUT2D eigenvalue weighted by molar-refractivity contribution is -0.114. The highest BCUT2D eigenvalue weighted by Gasteiger charge is 2.07. The molecule has 3 N–H and O–H groups in total. The Bertz CT molecular complexity index is 867. The van der Waals surface area contributed by atoms with E-state index in [1.165, 1.54) is 6.92 Å². The number of pyridine rings is 1. The summed E-state index contributed by atoms with van der Waals surface area (Å²) in [6, 6.07) is 10.7. The van der Waals surface area contributed by atoms with Gasteiger partial charge in [0.05, 0.1) is 0 Å². The molecular weight excluding hydrogens is 282 g/mol. The van der Waals surface area contributed by atoms with E-state index < -0.39 is 5.91 Å². The first-order chi connectivity index (χ1) is 10.5. The molecule has 2 aromatic heterocycles. The summed E-state index contributed by atoms with van der Waals surface area (Å²) in [5.74, 6) is -0.426. The summed E-state index contributed by atoms with van der Waals surface area (Å²) in [7, 11) is 0. The highest BCUT2D eigenvalue weighted by Crippen LogP contribution is 2.20. The SMILES string of the molecule is CC(=O)Nc1nc2ccc(-c3ccc(C(N)=O)cc3)cn2n1. The van der Waals surface area contributed by atoms with Crippen LogP contribution in [-0.2, 0) is 4.79 Å². The fourth-order valence-corrected chi connectivity index (χ4v) is 2.09. The van der Waals surface area contributed by atoms with Gasteiger partial charge in [-0.15, -0.1) is 5.10 Å². The number of benzene rings is 1. The van der Waals surface area contributed by atoms with Crippen molar-refractivity contribution in [2.24, 2.45) is 5.73 Å². The Morgan fingerprint density at radius 2 is 1.77 bits per heavy atom. The van der Waals surface area contributed by atoms with Gasteiger partial charge in [-0.05, 0) is 29.8 Å². The largest absolute Gasteiger partial charge is 0.366 e. The van der Waals surface area contributed by atoms with Crippen molar-refractivity contribution in [3.63, 3.8) is 0 Å². The second kappa shape index (κ2) is 5.28. The molecule has 0 unspecified atom stereocenters. The van der Waals surface area contributed by atoms with Crippen LogP contribution in [0.4, 0.5) is 5.95 Å². The van der Waals surface area contributed by atoms with Gasteiger partial charge in [-0.25, -0.2) is 4.52 Å². The maximum Gasteiger partial charge on any atom is 0.249 e. The summed E-state index contributed by atoms with van der Waals surface area (Å²) in [6.07, 6.45) is 1.80. The van der Waals surface area contributed by atoms with Crippen LogP contribution in [0.25, 0.3) is 16.8 Å².